The van der Waals surface area contributed by atoms with E-state index in [1.807, 2.05) is 26.0 Å². The monoisotopic (exact) mass is 408 g/mol. The zero-order valence-electron chi connectivity index (χ0n) is 17.2. The van der Waals surface area contributed by atoms with E-state index in [0.29, 0.717) is 18.7 Å². The molecule has 7 heteroatoms. The molecule has 0 aromatic heterocycles. The lowest BCUT2D eigenvalue weighted by molar-refractivity contribution is -0.123. The zero-order valence-corrected chi connectivity index (χ0v) is 17.2. The average Bonchev–Trinajstić information content (AvgIpc) is 2.97. The summed E-state index contributed by atoms with van der Waals surface area (Å²) in [6.45, 7) is 5.73. The fourth-order valence-electron chi connectivity index (χ4n) is 3.10. The molecule has 0 unspecified atom stereocenters. The Morgan fingerprint density at radius 3 is 2.37 bits per heavy atom. The highest BCUT2D eigenvalue weighted by Crippen LogP contribution is 2.25. The van der Waals surface area contributed by atoms with Gasteiger partial charge >= 0.3 is 5.97 Å². The highest BCUT2D eigenvalue weighted by molar-refractivity contribution is 6.22. The maximum Gasteiger partial charge on any atom is 0.338 e. The van der Waals surface area contributed by atoms with E-state index in [9.17, 15) is 19.2 Å². The largest absolute Gasteiger partial charge is 0.449 e. The molecule has 30 heavy (non-hydrogen) atoms. The number of nitrogens with zero attached hydrogens (tertiary/aromatic N) is 1. The first kappa shape index (κ1) is 21.2. The van der Waals surface area contributed by atoms with E-state index in [2.05, 4.69) is 5.32 Å². The van der Waals surface area contributed by atoms with E-state index in [1.54, 1.807) is 12.1 Å². The minimum absolute atomic E-state index is 0.113. The van der Waals surface area contributed by atoms with Crippen molar-refractivity contribution in [3.63, 3.8) is 0 Å². The maximum atomic E-state index is 12.5. The Kier molecular flexibility index (Phi) is 6.30. The van der Waals surface area contributed by atoms with Crippen LogP contribution in [0.4, 0.5) is 5.69 Å². The highest BCUT2D eigenvalue weighted by atomic mass is 16.5. The van der Waals surface area contributed by atoms with Crippen LogP contribution in [-0.4, -0.2) is 41.2 Å². The van der Waals surface area contributed by atoms with Crippen LogP contribution >= 0.6 is 0 Å². The lowest BCUT2D eigenvalue weighted by Gasteiger charge is -2.14. The SMILES string of the molecule is CCCCN1C(=O)c2ccc(C(=O)O[C@@H](C)C(=O)Nc3ccc(C)cc3)cc2C1=O. The first-order valence-corrected chi connectivity index (χ1v) is 9.90. The van der Waals surface area contributed by atoms with Crippen LogP contribution in [0.2, 0.25) is 0 Å². The van der Waals surface area contributed by atoms with Crippen molar-refractivity contribution >= 4 is 29.4 Å². The summed E-state index contributed by atoms with van der Waals surface area (Å²) in [4.78, 5) is 50.9. The normalized spacial score (nSPS) is 13.8. The minimum Gasteiger partial charge on any atom is -0.449 e. The molecule has 0 saturated carbocycles. The van der Waals surface area contributed by atoms with Crippen molar-refractivity contribution in [2.24, 2.45) is 0 Å². The molecule has 1 N–H and O–H groups in total. The Hall–Kier alpha value is -3.48. The first-order chi connectivity index (χ1) is 14.3. The van der Waals surface area contributed by atoms with Crippen LogP contribution in [0.5, 0.6) is 0 Å². The van der Waals surface area contributed by atoms with Crippen molar-refractivity contribution in [3.8, 4) is 0 Å². The highest BCUT2D eigenvalue weighted by Gasteiger charge is 2.35. The van der Waals surface area contributed by atoms with Gasteiger partial charge < -0.3 is 10.1 Å². The third kappa shape index (κ3) is 4.40. The molecule has 0 fully saturated rings. The van der Waals surface area contributed by atoms with Gasteiger partial charge in [-0.3, -0.25) is 19.3 Å². The van der Waals surface area contributed by atoms with Crippen LogP contribution in [-0.2, 0) is 9.53 Å². The van der Waals surface area contributed by atoms with Crippen molar-refractivity contribution in [1.82, 2.24) is 4.90 Å². The van der Waals surface area contributed by atoms with Crippen molar-refractivity contribution in [2.45, 2.75) is 39.7 Å². The topological polar surface area (TPSA) is 92.8 Å². The molecule has 0 saturated heterocycles. The number of fused-ring (bicyclic) bond motifs is 1. The number of benzene rings is 2. The molecule has 1 heterocycles. The molecule has 2 aromatic carbocycles. The molecule has 3 rings (SSSR count). The van der Waals surface area contributed by atoms with Crippen molar-refractivity contribution in [1.29, 1.82) is 0 Å². The molecule has 2 aromatic rings. The van der Waals surface area contributed by atoms with Gasteiger partial charge in [-0.25, -0.2) is 4.79 Å². The van der Waals surface area contributed by atoms with E-state index < -0.39 is 23.9 Å². The molecule has 0 bridgehead atoms. The van der Waals surface area contributed by atoms with Gasteiger partial charge in [-0.1, -0.05) is 31.0 Å². The second-order valence-corrected chi connectivity index (χ2v) is 7.28. The number of ether oxygens (including phenoxy) is 1. The van der Waals surface area contributed by atoms with Crippen LogP contribution in [0.1, 0.15) is 63.3 Å². The van der Waals surface area contributed by atoms with Crippen LogP contribution < -0.4 is 5.32 Å². The quantitative estimate of drug-likeness (QED) is 0.558. The van der Waals surface area contributed by atoms with Gasteiger partial charge in [0, 0.05) is 12.2 Å². The number of unbranched alkanes of at least 4 members (excludes halogenated alkanes) is 1. The Balaban J connectivity index is 1.67. The van der Waals surface area contributed by atoms with Gasteiger partial charge in [-0.05, 0) is 50.6 Å². The van der Waals surface area contributed by atoms with Crippen LogP contribution in [0.25, 0.3) is 0 Å². The summed E-state index contributed by atoms with van der Waals surface area (Å²) in [5.74, 6) is -1.97. The number of carbonyl (C=O) groups is 4. The maximum absolute atomic E-state index is 12.5. The third-order valence-corrected chi connectivity index (χ3v) is 4.91. The molecule has 0 spiro atoms. The molecule has 1 atom stereocenters. The van der Waals surface area contributed by atoms with Gasteiger partial charge in [-0.15, -0.1) is 0 Å². The molecular weight excluding hydrogens is 384 g/mol. The molecule has 156 valence electrons. The molecule has 0 radical (unpaired) electrons. The lowest BCUT2D eigenvalue weighted by atomic mass is 10.1. The number of carbonyl (C=O) groups excluding carboxylic acids is 4. The van der Waals surface area contributed by atoms with Gasteiger partial charge in [0.25, 0.3) is 17.7 Å². The summed E-state index contributed by atoms with van der Waals surface area (Å²) in [7, 11) is 0. The second-order valence-electron chi connectivity index (χ2n) is 7.28. The van der Waals surface area contributed by atoms with Crippen molar-refractivity contribution < 1.29 is 23.9 Å². The number of rotatable bonds is 7. The number of nitrogens with one attached hydrogen (secondary N) is 1. The number of esters is 1. The van der Waals surface area contributed by atoms with E-state index in [0.717, 1.165) is 12.0 Å². The number of imide groups is 1. The van der Waals surface area contributed by atoms with Crippen LogP contribution in [0.3, 0.4) is 0 Å². The molecule has 1 aliphatic heterocycles. The molecule has 1 aliphatic rings. The Morgan fingerprint density at radius 2 is 1.70 bits per heavy atom. The smallest absolute Gasteiger partial charge is 0.338 e. The van der Waals surface area contributed by atoms with Crippen LogP contribution in [0.15, 0.2) is 42.5 Å². The van der Waals surface area contributed by atoms with Crippen molar-refractivity contribution in [3.05, 3.63) is 64.7 Å². The number of hydrogen-bond acceptors (Lipinski definition) is 5. The summed E-state index contributed by atoms with van der Waals surface area (Å²) in [6.07, 6.45) is 0.534. The number of amides is 3. The summed E-state index contributed by atoms with van der Waals surface area (Å²) >= 11 is 0. The summed E-state index contributed by atoms with van der Waals surface area (Å²) in [6, 6.07) is 11.5. The van der Waals surface area contributed by atoms with E-state index >= 15 is 0 Å². The first-order valence-electron chi connectivity index (χ1n) is 9.90. The van der Waals surface area contributed by atoms with E-state index in [4.69, 9.17) is 4.74 Å². The predicted molar refractivity (Wildman–Crippen MR) is 111 cm³/mol. The van der Waals surface area contributed by atoms with Gasteiger partial charge in [0.1, 0.15) is 0 Å². The molecular formula is C23H24N2O5. The predicted octanol–water partition coefficient (Wildman–Crippen LogP) is 3.58. The standard InChI is InChI=1S/C23H24N2O5/c1-4-5-12-25-21(27)18-11-8-16(13-19(18)22(25)28)23(29)30-15(3)20(26)24-17-9-6-14(2)7-10-17/h6-11,13,15H,4-5,12H2,1-3H3,(H,24,26)/t15-/m0/s1. The molecule has 7 nitrogen and oxygen atoms in total. The van der Waals surface area contributed by atoms with E-state index in [1.165, 1.54) is 30.0 Å². The molecule has 0 aliphatic carbocycles. The average molecular weight is 408 g/mol. The van der Waals surface area contributed by atoms with Crippen LogP contribution in [0, 0.1) is 6.92 Å². The van der Waals surface area contributed by atoms with Gasteiger partial charge in [0.15, 0.2) is 6.10 Å². The number of anilines is 1. The van der Waals surface area contributed by atoms with Crippen molar-refractivity contribution in [2.75, 3.05) is 11.9 Å². The zero-order chi connectivity index (χ0) is 21.8. The number of hydrogen-bond donors (Lipinski definition) is 1. The fourth-order valence-corrected chi connectivity index (χ4v) is 3.10. The van der Waals surface area contributed by atoms with E-state index in [-0.39, 0.29) is 22.6 Å². The summed E-state index contributed by atoms with van der Waals surface area (Å²) < 4.78 is 5.25. The lowest BCUT2D eigenvalue weighted by Crippen LogP contribution is -2.30. The summed E-state index contributed by atoms with van der Waals surface area (Å²) in [5, 5.41) is 2.68. The Morgan fingerprint density at radius 1 is 1.03 bits per heavy atom. The fraction of sp³-hybridized carbons (Fsp3) is 0.304. The summed E-state index contributed by atoms with van der Waals surface area (Å²) in [5.41, 5.74) is 2.23. The minimum atomic E-state index is -1.04. The molecule has 3 amide bonds. The van der Waals surface area contributed by atoms with Gasteiger partial charge in [-0.2, -0.15) is 0 Å². The number of aryl methyl sites for hydroxylation is 1. The third-order valence-electron chi connectivity index (χ3n) is 4.91. The Labute approximate surface area is 175 Å². The second kappa shape index (κ2) is 8.90. The van der Waals surface area contributed by atoms with Gasteiger partial charge in [0.05, 0.1) is 16.7 Å². The van der Waals surface area contributed by atoms with Gasteiger partial charge in [0.2, 0.25) is 0 Å². The Bertz CT molecular complexity index is 997.